The van der Waals surface area contributed by atoms with Crippen molar-refractivity contribution in [3.05, 3.63) is 117 Å². The van der Waals surface area contributed by atoms with Gasteiger partial charge in [0.1, 0.15) is 12.4 Å². The molecule has 48 heavy (non-hydrogen) atoms. The lowest BCUT2D eigenvalue weighted by Crippen LogP contribution is -2.39. The molecule has 0 radical (unpaired) electrons. The van der Waals surface area contributed by atoms with Gasteiger partial charge in [-0.1, -0.05) is 35.6 Å². The molecule has 1 atom stereocenters. The van der Waals surface area contributed by atoms with Crippen molar-refractivity contribution in [3.63, 3.8) is 0 Å². The third-order valence-corrected chi connectivity index (χ3v) is 9.21. The molecular formula is C36H35IN2O8S. The van der Waals surface area contributed by atoms with E-state index in [0.717, 1.165) is 20.3 Å². The summed E-state index contributed by atoms with van der Waals surface area (Å²) in [5, 5.41) is 0. The first-order chi connectivity index (χ1) is 23.2. The zero-order valence-corrected chi connectivity index (χ0v) is 30.2. The third-order valence-electron chi connectivity index (χ3n) is 7.42. The Labute approximate surface area is 295 Å². The first-order valence-electron chi connectivity index (χ1n) is 15.4. The van der Waals surface area contributed by atoms with Gasteiger partial charge < -0.3 is 23.7 Å². The van der Waals surface area contributed by atoms with Crippen LogP contribution in [0, 0.1) is 3.57 Å². The van der Waals surface area contributed by atoms with Crippen molar-refractivity contribution < 1.29 is 33.3 Å². The molecule has 3 aromatic carbocycles. The summed E-state index contributed by atoms with van der Waals surface area (Å²) in [6, 6.07) is 17.4. The van der Waals surface area contributed by atoms with E-state index in [2.05, 4.69) is 27.6 Å². The molecule has 0 fully saturated rings. The highest BCUT2D eigenvalue weighted by atomic mass is 127. The number of halogens is 1. The number of thiazole rings is 1. The average Bonchev–Trinajstić information content (AvgIpc) is 3.37. The van der Waals surface area contributed by atoms with E-state index in [-0.39, 0.29) is 24.7 Å². The van der Waals surface area contributed by atoms with Gasteiger partial charge >= 0.3 is 11.9 Å². The lowest BCUT2D eigenvalue weighted by atomic mass is 9.96. The maximum Gasteiger partial charge on any atom is 0.338 e. The van der Waals surface area contributed by atoms with Gasteiger partial charge in [-0.2, -0.15) is 0 Å². The average molecular weight is 783 g/mol. The largest absolute Gasteiger partial charge is 0.494 e. The fraction of sp³-hybridized carbons (Fsp3) is 0.278. The van der Waals surface area contributed by atoms with E-state index < -0.39 is 12.0 Å². The van der Waals surface area contributed by atoms with Gasteiger partial charge in [-0.15, -0.1) is 0 Å². The number of fused-ring (bicyclic) bond motifs is 1. The Morgan fingerprint density at radius 1 is 0.938 bits per heavy atom. The fourth-order valence-electron chi connectivity index (χ4n) is 5.24. The number of allylic oxidation sites excluding steroid dienone is 1. The quantitative estimate of drug-likeness (QED) is 0.136. The van der Waals surface area contributed by atoms with Crippen molar-refractivity contribution in [2.24, 2.45) is 4.99 Å². The molecule has 0 spiro atoms. The molecule has 1 aliphatic rings. The molecule has 0 unspecified atom stereocenters. The van der Waals surface area contributed by atoms with E-state index in [0.29, 0.717) is 56.6 Å². The molecule has 0 saturated heterocycles. The molecule has 0 bridgehead atoms. The van der Waals surface area contributed by atoms with E-state index in [1.165, 1.54) is 11.3 Å². The molecule has 4 aromatic rings. The van der Waals surface area contributed by atoms with Crippen LogP contribution in [0.3, 0.4) is 0 Å². The number of carbonyl (C=O) groups excluding carboxylic acids is 2. The topological polar surface area (TPSA) is 115 Å². The first-order valence-corrected chi connectivity index (χ1v) is 17.3. The fourth-order valence-corrected chi connectivity index (χ4v) is 7.07. The van der Waals surface area contributed by atoms with E-state index >= 15 is 0 Å². The monoisotopic (exact) mass is 782 g/mol. The zero-order chi connectivity index (χ0) is 34.4. The van der Waals surface area contributed by atoms with Crippen LogP contribution >= 0.6 is 33.9 Å². The predicted octanol–water partition coefficient (Wildman–Crippen LogP) is 5.57. The number of nitrogens with zero attached hydrogens (tertiary/aromatic N) is 2. The molecule has 0 N–H and O–H groups in total. The summed E-state index contributed by atoms with van der Waals surface area (Å²) in [5.41, 5.74) is 3.32. The summed E-state index contributed by atoms with van der Waals surface area (Å²) in [6.45, 7) is 8.44. The summed E-state index contributed by atoms with van der Waals surface area (Å²) in [6.07, 6.45) is 1.78. The molecule has 10 nitrogen and oxygen atoms in total. The van der Waals surface area contributed by atoms with Crippen molar-refractivity contribution in [1.29, 1.82) is 0 Å². The molecule has 1 aromatic heterocycles. The smallest absolute Gasteiger partial charge is 0.338 e. The number of benzene rings is 3. The van der Waals surface area contributed by atoms with Crippen LogP contribution in [0.4, 0.5) is 0 Å². The summed E-state index contributed by atoms with van der Waals surface area (Å²) < 4.78 is 30.7. The van der Waals surface area contributed by atoms with Gasteiger partial charge in [0.25, 0.3) is 5.56 Å². The van der Waals surface area contributed by atoms with Gasteiger partial charge in [0.05, 0.1) is 57.9 Å². The van der Waals surface area contributed by atoms with Crippen LogP contribution in [-0.4, -0.2) is 43.4 Å². The third kappa shape index (κ3) is 7.49. The van der Waals surface area contributed by atoms with Crippen LogP contribution in [0.15, 0.2) is 81.7 Å². The summed E-state index contributed by atoms with van der Waals surface area (Å²) in [5.74, 6) is 0.852. The summed E-state index contributed by atoms with van der Waals surface area (Å²) in [7, 11) is 1.56. The van der Waals surface area contributed by atoms with Crippen LogP contribution < -0.4 is 29.1 Å². The molecule has 250 valence electrons. The minimum atomic E-state index is -0.727. The Balaban J connectivity index is 1.49. The van der Waals surface area contributed by atoms with E-state index in [9.17, 15) is 14.4 Å². The normalized spacial score (nSPS) is 14.2. The maximum absolute atomic E-state index is 14.1. The second kappa shape index (κ2) is 15.6. The number of methoxy groups -OCH3 is 1. The van der Waals surface area contributed by atoms with E-state index in [4.69, 9.17) is 23.7 Å². The van der Waals surface area contributed by atoms with Gasteiger partial charge in [0, 0.05) is 0 Å². The highest BCUT2D eigenvalue weighted by molar-refractivity contribution is 14.1. The standard InChI is InChI=1S/C36H35IN2O8S/c1-6-44-26-15-13-24(14-16-26)31-30(35(42)46-8-3)21(4)38-36-39(31)33(40)29(48-36)19-23-17-27(37)32(28(18-23)43-5)47-20-22-9-11-25(12-10-22)34(41)45-7-2/h9-19,31H,6-8,20H2,1-5H3/b29-19-/t31-/m1/s1. The summed E-state index contributed by atoms with van der Waals surface area (Å²) >= 11 is 3.42. The second-order valence-corrected chi connectivity index (χ2v) is 12.7. The van der Waals surface area contributed by atoms with Gasteiger partial charge in [-0.25, -0.2) is 14.6 Å². The molecule has 2 heterocycles. The van der Waals surface area contributed by atoms with Crippen LogP contribution in [0.1, 0.15) is 60.8 Å². The Hall–Kier alpha value is -4.43. The maximum atomic E-state index is 14.1. The van der Waals surface area contributed by atoms with Crippen molar-refractivity contribution in [2.75, 3.05) is 26.9 Å². The lowest BCUT2D eigenvalue weighted by Gasteiger charge is -2.24. The van der Waals surface area contributed by atoms with Crippen molar-refractivity contribution in [2.45, 2.75) is 40.3 Å². The minimum absolute atomic E-state index is 0.192. The predicted molar refractivity (Wildman–Crippen MR) is 190 cm³/mol. The number of hydrogen-bond acceptors (Lipinski definition) is 10. The van der Waals surface area contributed by atoms with Crippen LogP contribution in [0.5, 0.6) is 17.2 Å². The van der Waals surface area contributed by atoms with Crippen molar-refractivity contribution in [3.8, 4) is 17.2 Å². The molecule has 12 heteroatoms. The minimum Gasteiger partial charge on any atom is -0.494 e. The molecule has 0 aliphatic carbocycles. The molecule has 5 rings (SSSR count). The highest BCUT2D eigenvalue weighted by Gasteiger charge is 2.33. The van der Waals surface area contributed by atoms with Crippen molar-refractivity contribution >= 4 is 51.9 Å². The number of ether oxygens (including phenoxy) is 5. The van der Waals surface area contributed by atoms with Gasteiger partial charge in [-0.05, 0) is 109 Å². The van der Waals surface area contributed by atoms with Crippen LogP contribution in [-0.2, 0) is 20.9 Å². The number of hydrogen-bond donors (Lipinski definition) is 0. The zero-order valence-electron chi connectivity index (χ0n) is 27.2. The number of rotatable bonds is 12. The molecule has 0 saturated carbocycles. The Morgan fingerprint density at radius 3 is 2.27 bits per heavy atom. The van der Waals surface area contributed by atoms with Crippen molar-refractivity contribution in [1.82, 2.24) is 4.57 Å². The van der Waals surface area contributed by atoms with Gasteiger partial charge in [-0.3, -0.25) is 9.36 Å². The first kappa shape index (κ1) is 34.9. The van der Waals surface area contributed by atoms with Gasteiger partial charge in [0.15, 0.2) is 16.3 Å². The molecule has 0 amide bonds. The van der Waals surface area contributed by atoms with E-state index in [1.807, 2.05) is 49.4 Å². The number of esters is 2. The van der Waals surface area contributed by atoms with Crippen LogP contribution in [0.25, 0.3) is 6.08 Å². The lowest BCUT2D eigenvalue weighted by molar-refractivity contribution is -0.139. The Kier molecular flexibility index (Phi) is 11.4. The second-order valence-electron chi connectivity index (χ2n) is 10.5. The Morgan fingerprint density at radius 2 is 1.62 bits per heavy atom. The summed E-state index contributed by atoms with van der Waals surface area (Å²) in [4.78, 5) is 44.4. The van der Waals surface area contributed by atoms with E-state index in [1.54, 1.807) is 56.7 Å². The number of carbonyl (C=O) groups is 2. The van der Waals surface area contributed by atoms with Gasteiger partial charge in [0.2, 0.25) is 0 Å². The SMILES string of the molecule is CCOC(=O)C1=C(C)N=c2s/c(=C\c3cc(I)c(OCc4ccc(C(=O)OCC)cc4)c(OC)c3)c(=O)n2[C@@H]1c1ccc(OCC)cc1. The van der Waals surface area contributed by atoms with Crippen LogP contribution in [0.2, 0.25) is 0 Å². The molecule has 1 aliphatic heterocycles. The molecular weight excluding hydrogens is 747 g/mol. The number of aromatic nitrogens is 1. The highest BCUT2D eigenvalue weighted by Crippen LogP contribution is 2.35. The Bertz CT molecular complexity index is 2030.